The van der Waals surface area contributed by atoms with E-state index in [1.54, 1.807) is 17.9 Å². The maximum Gasteiger partial charge on any atom is 0.407 e. The van der Waals surface area contributed by atoms with E-state index in [0.29, 0.717) is 28.7 Å². The number of alkyl carbamates (subject to hydrolysis) is 1. The van der Waals surface area contributed by atoms with Crippen molar-refractivity contribution in [1.82, 2.24) is 25.1 Å². The van der Waals surface area contributed by atoms with Crippen molar-refractivity contribution < 1.29 is 18.7 Å². The summed E-state index contributed by atoms with van der Waals surface area (Å²) in [6.45, 7) is 6.94. The third-order valence-corrected chi connectivity index (χ3v) is 6.05. The molecule has 1 unspecified atom stereocenters. The second kappa shape index (κ2) is 8.92. The summed E-state index contributed by atoms with van der Waals surface area (Å²) < 4.78 is 27.4. The summed E-state index contributed by atoms with van der Waals surface area (Å²) in [5.41, 5.74) is 2.27. The van der Waals surface area contributed by atoms with Crippen molar-refractivity contribution in [3.05, 3.63) is 42.3 Å². The van der Waals surface area contributed by atoms with Crippen molar-refractivity contribution in [2.75, 3.05) is 25.1 Å². The number of aryl methyl sites for hydroxylation is 1. The molecule has 1 saturated heterocycles. The Morgan fingerprint density at radius 1 is 1.17 bits per heavy atom. The Labute approximate surface area is 208 Å². The molecule has 1 N–H and O–H groups in total. The molecule has 0 bridgehead atoms. The van der Waals surface area contributed by atoms with Crippen LogP contribution >= 0.6 is 0 Å². The van der Waals surface area contributed by atoms with Crippen LogP contribution in [0.4, 0.5) is 15.0 Å². The molecule has 1 aromatic carbocycles. The zero-order valence-electron chi connectivity index (χ0n) is 21.0. The van der Waals surface area contributed by atoms with Crippen LogP contribution in [0.3, 0.4) is 0 Å². The Balaban J connectivity index is 1.38. The van der Waals surface area contributed by atoms with Gasteiger partial charge >= 0.3 is 6.09 Å². The number of ether oxygens (including phenoxy) is 2. The summed E-state index contributed by atoms with van der Waals surface area (Å²) in [4.78, 5) is 23.8. The Hall–Kier alpha value is -3.95. The summed E-state index contributed by atoms with van der Waals surface area (Å²) in [6.07, 6.45) is 2.16. The molecule has 0 aliphatic carbocycles. The molecule has 36 heavy (non-hydrogen) atoms. The quantitative estimate of drug-likeness (QED) is 0.450. The molecular formula is C26H29FN6O3. The van der Waals surface area contributed by atoms with Gasteiger partial charge in [-0.3, -0.25) is 4.68 Å². The molecule has 0 saturated carbocycles. The van der Waals surface area contributed by atoms with Crippen LogP contribution in [0.2, 0.25) is 0 Å². The van der Waals surface area contributed by atoms with Crippen molar-refractivity contribution in [1.29, 1.82) is 0 Å². The molecule has 1 fully saturated rings. The number of nitrogens with one attached hydrogen (secondary N) is 1. The first-order valence-electron chi connectivity index (χ1n) is 11.8. The first-order valence-corrected chi connectivity index (χ1v) is 11.8. The van der Waals surface area contributed by atoms with Crippen molar-refractivity contribution in [3.8, 4) is 17.0 Å². The van der Waals surface area contributed by atoms with Crippen LogP contribution < -0.4 is 15.0 Å². The van der Waals surface area contributed by atoms with E-state index < -0.39 is 17.5 Å². The van der Waals surface area contributed by atoms with E-state index in [9.17, 15) is 4.79 Å². The fraction of sp³-hybridized carbons (Fsp3) is 0.385. The number of anilines is 1. The number of rotatable bonds is 4. The number of hydrogen-bond acceptors (Lipinski definition) is 7. The minimum Gasteiger partial charge on any atom is -0.493 e. The summed E-state index contributed by atoms with van der Waals surface area (Å²) in [5, 5.41) is 7.79. The number of hydrogen-bond donors (Lipinski definition) is 1. The molecule has 0 radical (unpaired) electrons. The maximum atomic E-state index is 15.1. The Morgan fingerprint density at radius 3 is 2.67 bits per heavy atom. The van der Waals surface area contributed by atoms with Crippen LogP contribution in [0.25, 0.3) is 33.2 Å². The predicted octanol–water partition coefficient (Wildman–Crippen LogP) is 4.43. The lowest BCUT2D eigenvalue weighted by Gasteiger charge is -2.22. The third-order valence-electron chi connectivity index (χ3n) is 6.05. The van der Waals surface area contributed by atoms with E-state index in [1.165, 1.54) is 7.11 Å². The monoisotopic (exact) mass is 492 g/mol. The summed E-state index contributed by atoms with van der Waals surface area (Å²) >= 11 is 0. The minimum absolute atomic E-state index is 0.0115. The number of nitrogens with zero attached hydrogens (tertiary/aromatic N) is 5. The molecule has 4 heterocycles. The van der Waals surface area contributed by atoms with Gasteiger partial charge in [0.25, 0.3) is 0 Å². The molecular weight excluding hydrogens is 463 g/mol. The van der Waals surface area contributed by atoms with Gasteiger partial charge in [-0.2, -0.15) is 5.10 Å². The fourth-order valence-corrected chi connectivity index (χ4v) is 4.51. The van der Waals surface area contributed by atoms with Crippen molar-refractivity contribution in [3.63, 3.8) is 0 Å². The lowest BCUT2D eigenvalue weighted by molar-refractivity contribution is 0.0509. The number of methoxy groups -OCH3 is 1. The predicted molar refractivity (Wildman–Crippen MR) is 136 cm³/mol. The number of amides is 1. The van der Waals surface area contributed by atoms with Crippen molar-refractivity contribution >= 4 is 33.8 Å². The molecule has 1 aliphatic heterocycles. The highest BCUT2D eigenvalue weighted by Gasteiger charge is 2.27. The lowest BCUT2D eigenvalue weighted by Crippen LogP contribution is -2.40. The standard InChI is InChI=1S/C26H29FN6O3/c1-26(2,3)36-25(34)28-16-10-11-33(14-16)21-9-8-19-20(30-21)7-6-18(29-19)17-12-15-13-32(4)31-23(15)22(27)24(17)35-5/h6-9,12-13,16H,10-11,14H2,1-5H3,(H,28,34). The van der Waals surface area contributed by atoms with Crippen LogP contribution in [-0.2, 0) is 11.8 Å². The van der Waals surface area contributed by atoms with Gasteiger partial charge in [0.2, 0.25) is 0 Å². The van der Waals surface area contributed by atoms with Crippen LogP contribution in [0.5, 0.6) is 5.75 Å². The first kappa shape index (κ1) is 23.8. The maximum absolute atomic E-state index is 15.1. The summed E-state index contributed by atoms with van der Waals surface area (Å²) in [5.74, 6) is 0.411. The Kier molecular flexibility index (Phi) is 5.89. The third kappa shape index (κ3) is 4.62. The molecule has 188 valence electrons. The normalized spacial score (nSPS) is 16.1. The SMILES string of the molecule is COc1c(-c2ccc3nc(N4CCC(NC(=O)OC(C)(C)C)C4)ccc3n2)cc2cn(C)nc2c1F. The van der Waals surface area contributed by atoms with E-state index in [4.69, 9.17) is 19.4 Å². The number of carbonyl (C=O) groups is 1. The average Bonchev–Trinajstić information content (AvgIpc) is 3.43. The average molecular weight is 493 g/mol. The topological polar surface area (TPSA) is 94.4 Å². The van der Waals surface area contributed by atoms with E-state index in [0.717, 1.165) is 24.3 Å². The van der Waals surface area contributed by atoms with Gasteiger partial charge in [-0.1, -0.05) is 0 Å². The summed E-state index contributed by atoms with van der Waals surface area (Å²) in [7, 11) is 3.19. The number of aromatic nitrogens is 4. The van der Waals surface area contributed by atoms with Crippen LogP contribution in [0.15, 0.2) is 36.5 Å². The number of halogens is 1. The van der Waals surface area contributed by atoms with Gasteiger partial charge in [0, 0.05) is 37.3 Å². The molecule has 5 rings (SSSR count). The van der Waals surface area contributed by atoms with Gasteiger partial charge in [0.1, 0.15) is 16.9 Å². The highest BCUT2D eigenvalue weighted by atomic mass is 19.1. The van der Waals surface area contributed by atoms with E-state index in [2.05, 4.69) is 15.3 Å². The minimum atomic E-state index is -0.534. The molecule has 10 heteroatoms. The molecule has 4 aromatic rings. The van der Waals surface area contributed by atoms with Gasteiger partial charge < -0.3 is 19.7 Å². The van der Waals surface area contributed by atoms with Crippen molar-refractivity contribution in [2.45, 2.75) is 38.8 Å². The van der Waals surface area contributed by atoms with Crippen LogP contribution in [0, 0.1) is 5.82 Å². The number of fused-ring (bicyclic) bond motifs is 2. The highest BCUT2D eigenvalue weighted by molar-refractivity contribution is 5.89. The largest absolute Gasteiger partial charge is 0.493 e. The van der Waals surface area contributed by atoms with Gasteiger partial charge in [0.05, 0.1) is 29.9 Å². The highest BCUT2D eigenvalue weighted by Crippen LogP contribution is 2.36. The lowest BCUT2D eigenvalue weighted by atomic mass is 10.1. The molecule has 1 atom stereocenters. The van der Waals surface area contributed by atoms with Crippen LogP contribution in [-0.4, -0.2) is 57.7 Å². The zero-order chi connectivity index (χ0) is 25.6. The van der Waals surface area contributed by atoms with Gasteiger partial charge in [-0.05, 0) is 57.5 Å². The zero-order valence-corrected chi connectivity index (χ0v) is 21.0. The Bertz CT molecular complexity index is 1460. The van der Waals surface area contributed by atoms with Gasteiger partial charge in [-0.15, -0.1) is 0 Å². The number of benzene rings is 1. The second-order valence-corrected chi connectivity index (χ2v) is 9.99. The van der Waals surface area contributed by atoms with Gasteiger partial charge in [-0.25, -0.2) is 19.2 Å². The molecule has 0 spiro atoms. The Morgan fingerprint density at radius 2 is 1.92 bits per heavy atom. The van der Waals surface area contributed by atoms with Gasteiger partial charge in [0.15, 0.2) is 11.6 Å². The molecule has 9 nitrogen and oxygen atoms in total. The molecule has 1 aliphatic rings. The molecule has 3 aromatic heterocycles. The second-order valence-electron chi connectivity index (χ2n) is 9.99. The number of pyridine rings is 2. The first-order chi connectivity index (χ1) is 17.1. The smallest absolute Gasteiger partial charge is 0.407 e. The molecule has 1 amide bonds. The summed E-state index contributed by atoms with van der Waals surface area (Å²) in [6, 6.07) is 9.33. The fourth-order valence-electron chi connectivity index (χ4n) is 4.51. The van der Waals surface area contributed by atoms with Crippen molar-refractivity contribution in [2.24, 2.45) is 7.05 Å². The van der Waals surface area contributed by atoms with E-state index >= 15 is 4.39 Å². The number of carbonyl (C=O) groups excluding carboxylic acids is 1. The van der Waals surface area contributed by atoms with Crippen LogP contribution in [0.1, 0.15) is 27.2 Å². The van der Waals surface area contributed by atoms with E-state index in [-0.39, 0.29) is 17.3 Å². The van der Waals surface area contributed by atoms with E-state index in [1.807, 2.05) is 51.1 Å².